The predicted octanol–water partition coefficient (Wildman–Crippen LogP) is 4.52. The second kappa shape index (κ2) is 6.30. The van der Waals surface area contributed by atoms with Gasteiger partial charge in [-0.3, -0.25) is 9.89 Å². The topological polar surface area (TPSA) is 55.0 Å². The second-order valence-corrected chi connectivity index (χ2v) is 6.71. The minimum absolute atomic E-state index is 0.0741. The van der Waals surface area contributed by atoms with Crippen molar-refractivity contribution < 1.29 is 9.53 Å². The van der Waals surface area contributed by atoms with E-state index in [1.807, 2.05) is 30.3 Å². The Morgan fingerprint density at radius 1 is 1.08 bits per heavy atom. The number of hydrogen-bond donors (Lipinski definition) is 1. The fourth-order valence-electron chi connectivity index (χ4n) is 3.29. The Labute approximate surface area is 152 Å². The maximum Gasteiger partial charge on any atom is 0.189 e. The number of H-pyrrole nitrogens is 1. The average molecular weight is 344 g/mol. The fraction of sp³-hybridized carbons (Fsp3) is 0.182. The number of hydrogen-bond acceptors (Lipinski definition) is 3. The molecule has 1 aliphatic rings. The Kier molecular flexibility index (Phi) is 3.96. The van der Waals surface area contributed by atoms with Gasteiger partial charge in [-0.15, -0.1) is 0 Å². The van der Waals surface area contributed by atoms with Crippen LogP contribution in [-0.4, -0.2) is 23.1 Å². The van der Waals surface area contributed by atoms with Crippen molar-refractivity contribution in [3.63, 3.8) is 0 Å². The smallest absolute Gasteiger partial charge is 0.189 e. The zero-order valence-corrected chi connectivity index (χ0v) is 15.1. The Balaban J connectivity index is 1.63. The number of rotatable bonds is 3. The number of ketones is 1. The number of aromatic amines is 1. The van der Waals surface area contributed by atoms with Crippen LogP contribution in [0.5, 0.6) is 5.75 Å². The SMILES string of the molecule is COc1ccc2c(c1)C/C(=C\c1cc(-c3ccc(C)c(C)c3)n[nH]1)C2=O. The minimum atomic E-state index is 0.0741. The average Bonchev–Trinajstić information content (AvgIpc) is 3.22. The molecule has 0 aliphatic heterocycles. The lowest BCUT2D eigenvalue weighted by molar-refractivity contribution is 0.104. The highest BCUT2D eigenvalue weighted by Gasteiger charge is 2.25. The third-order valence-corrected chi connectivity index (χ3v) is 4.96. The molecule has 2 aromatic carbocycles. The molecule has 0 amide bonds. The second-order valence-electron chi connectivity index (χ2n) is 6.71. The van der Waals surface area contributed by atoms with Gasteiger partial charge in [0.2, 0.25) is 0 Å². The van der Waals surface area contributed by atoms with Gasteiger partial charge in [-0.1, -0.05) is 12.1 Å². The molecule has 1 aliphatic carbocycles. The molecule has 26 heavy (non-hydrogen) atoms. The number of nitrogens with one attached hydrogen (secondary N) is 1. The molecular weight excluding hydrogens is 324 g/mol. The van der Waals surface area contributed by atoms with Crippen molar-refractivity contribution in [2.75, 3.05) is 7.11 Å². The molecule has 1 aromatic heterocycles. The molecule has 1 N–H and O–H groups in total. The summed E-state index contributed by atoms with van der Waals surface area (Å²) in [5.74, 6) is 0.848. The number of carbonyl (C=O) groups is 1. The van der Waals surface area contributed by atoms with Crippen molar-refractivity contribution in [3.05, 3.63) is 76.0 Å². The maximum atomic E-state index is 12.6. The van der Waals surface area contributed by atoms with Gasteiger partial charge in [-0.2, -0.15) is 5.10 Å². The molecule has 0 atom stereocenters. The summed E-state index contributed by atoms with van der Waals surface area (Å²) in [6, 6.07) is 13.9. The van der Waals surface area contributed by atoms with Gasteiger partial charge in [-0.25, -0.2) is 0 Å². The first-order valence-electron chi connectivity index (χ1n) is 8.60. The van der Waals surface area contributed by atoms with Crippen LogP contribution in [0, 0.1) is 13.8 Å². The fourth-order valence-corrected chi connectivity index (χ4v) is 3.29. The number of allylic oxidation sites excluding steroid dienone is 1. The Bertz CT molecular complexity index is 1040. The molecule has 1 heterocycles. The number of carbonyl (C=O) groups excluding carboxylic acids is 1. The van der Waals surface area contributed by atoms with Crippen LogP contribution in [0.1, 0.15) is 32.7 Å². The summed E-state index contributed by atoms with van der Waals surface area (Å²) in [4.78, 5) is 12.6. The standard InChI is InChI=1S/C22H20N2O2/c1-13-4-5-15(8-14(13)2)21-12-18(23-24-21)10-17-9-16-11-19(26-3)6-7-20(16)22(17)25/h4-8,10-12H,9H2,1-3H3,(H,23,24)/b17-10+. The van der Waals surface area contributed by atoms with Gasteiger partial charge in [0, 0.05) is 23.1 Å². The molecule has 0 spiro atoms. The molecule has 0 unspecified atom stereocenters. The van der Waals surface area contributed by atoms with E-state index >= 15 is 0 Å². The Morgan fingerprint density at radius 2 is 1.92 bits per heavy atom. The zero-order valence-electron chi connectivity index (χ0n) is 15.1. The number of ether oxygens (including phenoxy) is 1. The first kappa shape index (κ1) is 16.3. The lowest BCUT2D eigenvalue weighted by Crippen LogP contribution is -1.95. The van der Waals surface area contributed by atoms with Crippen molar-refractivity contribution in [2.24, 2.45) is 0 Å². The number of nitrogens with zero attached hydrogens (tertiary/aromatic N) is 1. The van der Waals surface area contributed by atoms with E-state index < -0.39 is 0 Å². The number of aromatic nitrogens is 2. The summed E-state index contributed by atoms with van der Waals surface area (Å²) < 4.78 is 5.25. The van der Waals surface area contributed by atoms with Crippen molar-refractivity contribution >= 4 is 11.9 Å². The van der Waals surface area contributed by atoms with E-state index in [9.17, 15) is 4.79 Å². The van der Waals surface area contributed by atoms with Crippen LogP contribution in [0.4, 0.5) is 0 Å². The molecule has 0 bridgehead atoms. The molecule has 4 heteroatoms. The normalized spacial score (nSPS) is 14.7. The van der Waals surface area contributed by atoms with Gasteiger partial charge >= 0.3 is 0 Å². The summed E-state index contributed by atoms with van der Waals surface area (Å²) in [7, 11) is 1.63. The summed E-state index contributed by atoms with van der Waals surface area (Å²) in [6.07, 6.45) is 2.51. The van der Waals surface area contributed by atoms with E-state index in [4.69, 9.17) is 4.74 Å². The molecule has 0 fully saturated rings. The summed E-state index contributed by atoms with van der Waals surface area (Å²) >= 11 is 0. The van der Waals surface area contributed by atoms with E-state index in [0.717, 1.165) is 39.4 Å². The van der Waals surface area contributed by atoms with Crippen molar-refractivity contribution in [1.82, 2.24) is 10.2 Å². The Morgan fingerprint density at radius 3 is 2.69 bits per heavy atom. The van der Waals surface area contributed by atoms with Crippen LogP contribution in [0.3, 0.4) is 0 Å². The number of benzene rings is 2. The van der Waals surface area contributed by atoms with Crippen LogP contribution in [0.25, 0.3) is 17.3 Å². The molecule has 0 radical (unpaired) electrons. The monoisotopic (exact) mass is 344 g/mol. The van der Waals surface area contributed by atoms with E-state index in [0.29, 0.717) is 6.42 Å². The molecule has 0 saturated heterocycles. The van der Waals surface area contributed by atoms with Gasteiger partial charge in [-0.05, 0) is 66.9 Å². The summed E-state index contributed by atoms with van der Waals surface area (Å²) in [5, 5.41) is 7.43. The quantitative estimate of drug-likeness (QED) is 0.711. The van der Waals surface area contributed by atoms with Gasteiger partial charge in [0.15, 0.2) is 5.78 Å². The zero-order chi connectivity index (χ0) is 18.3. The van der Waals surface area contributed by atoms with E-state index in [2.05, 4.69) is 42.2 Å². The van der Waals surface area contributed by atoms with Crippen molar-refractivity contribution in [3.8, 4) is 17.0 Å². The van der Waals surface area contributed by atoms with Crippen molar-refractivity contribution in [2.45, 2.75) is 20.3 Å². The molecule has 130 valence electrons. The summed E-state index contributed by atoms with van der Waals surface area (Å²) in [6.45, 7) is 4.19. The van der Waals surface area contributed by atoms with Crippen LogP contribution < -0.4 is 4.74 Å². The van der Waals surface area contributed by atoms with Gasteiger partial charge in [0.05, 0.1) is 18.5 Å². The highest BCUT2D eigenvalue weighted by atomic mass is 16.5. The number of fused-ring (bicyclic) bond motifs is 1. The molecule has 0 saturated carbocycles. The first-order valence-corrected chi connectivity index (χ1v) is 8.60. The highest BCUT2D eigenvalue weighted by molar-refractivity contribution is 6.15. The van der Waals surface area contributed by atoms with Gasteiger partial charge in [0.25, 0.3) is 0 Å². The maximum absolute atomic E-state index is 12.6. The third-order valence-electron chi connectivity index (χ3n) is 4.96. The number of aryl methyl sites for hydroxylation is 2. The van der Waals surface area contributed by atoms with Crippen LogP contribution in [0.2, 0.25) is 0 Å². The molecule has 3 aromatic rings. The van der Waals surface area contributed by atoms with Crippen LogP contribution in [0.15, 0.2) is 48.0 Å². The predicted molar refractivity (Wildman–Crippen MR) is 103 cm³/mol. The molecule has 4 rings (SSSR count). The lowest BCUT2D eigenvalue weighted by Gasteiger charge is -2.01. The number of Topliss-reactive ketones (excluding diaryl/α,β-unsaturated/α-hetero) is 1. The highest BCUT2D eigenvalue weighted by Crippen LogP contribution is 2.31. The minimum Gasteiger partial charge on any atom is -0.497 e. The van der Waals surface area contributed by atoms with Crippen LogP contribution >= 0.6 is 0 Å². The van der Waals surface area contributed by atoms with Crippen LogP contribution in [-0.2, 0) is 6.42 Å². The largest absolute Gasteiger partial charge is 0.497 e. The van der Waals surface area contributed by atoms with Gasteiger partial charge in [0.1, 0.15) is 5.75 Å². The van der Waals surface area contributed by atoms with E-state index in [1.165, 1.54) is 11.1 Å². The summed E-state index contributed by atoms with van der Waals surface area (Å²) in [5.41, 5.74) is 7.81. The van der Waals surface area contributed by atoms with Gasteiger partial charge < -0.3 is 4.74 Å². The number of methoxy groups -OCH3 is 1. The Hall–Kier alpha value is -3.14. The third kappa shape index (κ3) is 2.84. The molecule has 4 nitrogen and oxygen atoms in total. The molecular formula is C22H20N2O2. The van der Waals surface area contributed by atoms with E-state index in [-0.39, 0.29) is 5.78 Å². The lowest BCUT2D eigenvalue weighted by atomic mass is 10.0. The first-order chi connectivity index (χ1) is 12.5. The van der Waals surface area contributed by atoms with E-state index in [1.54, 1.807) is 7.11 Å². The van der Waals surface area contributed by atoms with Crippen molar-refractivity contribution in [1.29, 1.82) is 0 Å².